The number of hydrogen-bond donors (Lipinski definition) is 0. The van der Waals surface area contributed by atoms with Crippen molar-refractivity contribution in [2.75, 3.05) is 19.8 Å². The van der Waals surface area contributed by atoms with Crippen LogP contribution in [0.5, 0.6) is 0 Å². The molecule has 0 atom stereocenters. The molecule has 6 heteroatoms. The fourth-order valence-corrected chi connectivity index (χ4v) is 4.52. The molecule has 0 N–H and O–H groups in total. The molecule has 0 aliphatic rings. The van der Waals surface area contributed by atoms with Crippen molar-refractivity contribution in [3.05, 3.63) is 95.6 Å². The smallest absolute Gasteiger partial charge is 0.338 e. The standard InChI is InChI=1S/C32H30O6/c1-4-36-28(33)20-26-19-25-9-7-8-10-27(25)30(22-13-17-24(18-14-22)32(35)38-6-3)29(26)21-11-15-23(16-12-21)31(34)37-5-2/h7-19H,4-6,20H2,1-3H3. The van der Waals surface area contributed by atoms with E-state index in [1.54, 1.807) is 45.0 Å². The lowest BCUT2D eigenvalue weighted by Gasteiger charge is -2.19. The van der Waals surface area contributed by atoms with E-state index in [2.05, 4.69) is 0 Å². The summed E-state index contributed by atoms with van der Waals surface area (Å²) in [5.41, 5.74) is 5.21. The third-order valence-electron chi connectivity index (χ3n) is 6.14. The molecule has 0 amide bonds. The second kappa shape index (κ2) is 12.2. The molecular formula is C32H30O6. The minimum atomic E-state index is -0.390. The molecule has 0 fully saturated rings. The van der Waals surface area contributed by atoms with E-state index in [1.807, 2.05) is 54.6 Å². The van der Waals surface area contributed by atoms with Gasteiger partial charge < -0.3 is 14.2 Å². The first-order valence-corrected chi connectivity index (χ1v) is 12.7. The first-order valence-electron chi connectivity index (χ1n) is 12.7. The molecule has 0 radical (unpaired) electrons. The van der Waals surface area contributed by atoms with E-state index in [-0.39, 0.29) is 30.9 Å². The summed E-state index contributed by atoms with van der Waals surface area (Å²) in [6, 6.07) is 24.4. The van der Waals surface area contributed by atoms with Crippen molar-refractivity contribution in [2.45, 2.75) is 27.2 Å². The second-order valence-electron chi connectivity index (χ2n) is 8.58. The summed E-state index contributed by atoms with van der Waals surface area (Å²) in [6.07, 6.45) is 0.0849. The van der Waals surface area contributed by atoms with Crippen LogP contribution in [-0.4, -0.2) is 37.7 Å². The molecule has 0 bridgehead atoms. The van der Waals surface area contributed by atoms with E-state index in [1.165, 1.54) is 0 Å². The molecule has 0 aliphatic carbocycles. The van der Waals surface area contributed by atoms with Crippen molar-refractivity contribution in [3.63, 3.8) is 0 Å². The van der Waals surface area contributed by atoms with Crippen LogP contribution in [0.2, 0.25) is 0 Å². The van der Waals surface area contributed by atoms with Gasteiger partial charge in [0.25, 0.3) is 0 Å². The molecule has 38 heavy (non-hydrogen) atoms. The van der Waals surface area contributed by atoms with Crippen molar-refractivity contribution in [1.29, 1.82) is 0 Å². The van der Waals surface area contributed by atoms with Crippen molar-refractivity contribution >= 4 is 28.7 Å². The molecule has 0 aliphatic heterocycles. The third kappa shape index (κ3) is 5.75. The Bertz CT molecular complexity index is 1450. The van der Waals surface area contributed by atoms with E-state index in [4.69, 9.17) is 14.2 Å². The van der Waals surface area contributed by atoms with E-state index in [9.17, 15) is 14.4 Å². The highest BCUT2D eigenvalue weighted by Gasteiger charge is 2.20. The summed E-state index contributed by atoms with van der Waals surface area (Å²) in [4.78, 5) is 37.1. The Hall–Kier alpha value is -4.45. The van der Waals surface area contributed by atoms with Gasteiger partial charge in [-0.3, -0.25) is 4.79 Å². The van der Waals surface area contributed by atoms with Crippen molar-refractivity contribution in [1.82, 2.24) is 0 Å². The summed E-state index contributed by atoms with van der Waals surface area (Å²) in [7, 11) is 0. The highest BCUT2D eigenvalue weighted by atomic mass is 16.5. The lowest BCUT2D eigenvalue weighted by molar-refractivity contribution is -0.142. The summed E-state index contributed by atoms with van der Waals surface area (Å²) in [6.45, 7) is 6.20. The monoisotopic (exact) mass is 510 g/mol. The highest BCUT2D eigenvalue weighted by Crippen LogP contribution is 2.41. The number of carbonyl (C=O) groups excluding carboxylic acids is 3. The molecule has 0 saturated carbocycles. The Morgan fingerprint density at radius 3 is 1.63 bits per heavy atom. The highest BCUT2D eigenvalue weighted by molar-refractivity contribution is 6.06. The SMILES string of the molecule is CCOC(=O)Cc1cc2ccccc2c(-c2ccc(C(=O)OCC)cc2)c1-c1ccc(C(=O)OCC)cc1. The summed E-state index contributed by atoms with van der Waals surface area (Å²) >= 11 is 0. The third-order valence-corrected chi connectivity index (χ3v) is 6.14. The fourth-order valence-electron chi connectivity index (χ4n) is 4.52. The number of hydrogen-bond acceptors (Lipinski definition) is 6. The molecule has 4 aromatic carbocycles. The summed E-state index contributed by atoms with van der Waals surface area (Å²) < 4.78 is 15.6. The quantitative estimate of drug-likeness (QED) is 0.186. The van der Waals surface area contributed by atoms with Gasteiger partial charge in [0.05, 0.1) is 37.4 Å². The number of esters is 3. The van der Waals surface area contributed by atoms with Crippen LogP contribution in [0, 0.1) is 0 Å². The van der Waals surface area contributed by atoms with Crippen molar-refractivity contribution in [3.8, 4) is 22.3 Å². The van der Waals surface area contributed by atoms with Gasteiger partial charge in [-0.05, 0) is 89.7 Å². The largest absolute Gasteiger partial charge is 0.466 e. The molecule has 4 aromatic rings. The van der Waals surface area contributed by atoms with Crippen LogP contribution >= 0.6 is 0 Å². The zero-order chi connectivity index (χ0) is 27.1. The van der Waals surface area contributed by atoms with Gasteiger partial charge in [-0.1, -0.05) is 48.5 Å². The number of carbonyl (C=O) groups is 3. The number of fused-ring (bicyclic) bond motifs is 1. The van der Waals surface area contributed by atoms with Crippen LogP contribution in [0.15, 0.2) is 78.9 Å². The molecule has 0 unspecified atom stereocenters. The summed E-state index contributed by atoms with van der Waals surface area (Å²) in [5.74, 6) is -1.09. The molecule has 194 valence electrons. The summed E-state index contributed by atoms with van der Waals surface area (Å²) in [5, 5.41) is 1.97. The minimum Gasteiger partial charge on any atom is -0.466 e. The topological polar surface area (TPSA) is 78.9 Å². The van der Waals surface area contributed by atoms with E-state index < -0.39 is 0 Å². The molecule has 4 rings (SSSR count). The fraction of sp³-hybridized carbons (Fsp3) is 0.219. The first-order chi connectivity index (χ1) is 18.5. The van der Waals surface area contributed by atoms with Gasteiger partial charge in [0.1, 0.15) is 0 Å². The zero-order valence-electron chi connectivity index (χ0n) is 21.8. The van der Waals surface area contributed by atoms with Gasteiger partial charge in [0, 0.05) is 0 Å². The van der Waals surface area contributed by atoms with Crippen LogP contribution in [0.3, 0.4) is 0 Å². The van der Waals surface area contributed by atoms with Crippen LogP contribution in [0.4, 0.5) is 0 Å². The maximum Gasteiger partial charge on any atom is 0.338 e. The maximum absolute atomic E-state index is 12.6. The Kier molecular flexibility index (Phi) is 8.54. The minimum absolute atomic E-state index is 0.0849. The van der Waals surface area contributed by atoms with Crippen molar-refractivity contribution in [2.24, 2.45) is 0 Å². The Labute approximate surface area is 222 Å². The van der Waals surface area contributed by atoms with Gasteiger partial charge in [-0.25, -0.2) is 9.59 Å². The van der Waals surface area contributed by atoms with E-state index in [0.717, 1.165) is 38.6 Å². The van der Waals surface area contributed by atoms with Crippen LogP contribution in [-0.2, 0) is 25.4 Å². The predicted molar refractivity (Wildman–Crippen MR) is 147 cm³/mol. The van der Waals surface area contributed by atoms with E-state index in [0.29, 0.717) is 24.3 Å². The first kappa shape index (κ1) is 26.6. The number of ether oxygens (including phenoxy) is 3. The molecule has 0 heterocycles. The van der Waals surface area contributed by atoms with Gasteiger partial charge in [-0.2, -0.15) is 0 Å². The van der Waals surface area contributed by atoms with Gasteiger partial charge in [0.2, 0.25) is 0 Å². The molecule has 0 aromatic heterocycles. The van der Waals surface area contributed by atoms with E-state index >= 15 is 0 Å². The Morgan fingerprint density at radius 2 is 1.11 bits per heavy atom. The average molecular weight is 511 g/mol. The molecule has 0 saturated heterocycles. The van der Waals surface area contributed by atoms with Crippen LogP contribution < -0.4 is 0 Å². The average Bonchev–Trinajstić information content (AvgIpc) is 2.93. The molecule has 6 nitrogen and oxygen atoms in total. The van der Waals surface area contributed by atoms with Gasteiger partial charge >= 0.3 is 17.9 Å². The lowest BCUT2D eigenvalue weighted by atomic mass is 9.85. The molecular weight excluding hydrogens is 480 g/mol. The Morgan fingerprint density at radius 1 is 0.605 bits per heavy atom. The van der Waals surface area contributed by atoms with Crippen molar-refractivity contribution < 1.29 is 28.6 Å². The van der Waals surface area contributed by atoms with Crippen LogP contribution in [0.25, 0.3) is 33.0 Å². The Balaban J connectivity index is 1.94. The number of benzene rings is 4. The van der Waals surface area contributed by atoms with Gasteiger partial charge in [0.15, 0.2) is 0 Å². The number of rotatable bonds is 9. The maximum atomic E-state index is 12.6. The van der Waals surface area contributed by atoms with Crippen LogP contribution in [0.1, 0.15) is 47.1 Å². The van der Waals surface area contributed by atoms with Gasteiger partial charge in [-0.15, -0.1) is 0 Å². The normalized spacial score (nSPS) is 10.7. The molecule has 0 spiro atoms. The second-order valence-corrected chi connectivity index (χ2v) is 8.58. The predicted octanol–water partition coefficient (Wildman–Crippen LogP) is 6.63. The zero-order valence-corrected chi connectivity index (χ0v) is 21.8. The lowest BCUT2D eigenvalue weighted by Crippen LogP contribution is -2.09.